The van der Waals surface area contributed by atoms with Crippen LogP contribution in [0.25, 0.3) is 0 Å². The van der Waals surface area contributed by atoms with E-state index < -0.39 is 0 Å². The number of amides is 1. The molecule has 0 aliphatic carbocycles. The number of carbonyl (C=O) groups excluding carboxylic acids is 1. The predicted octanol–water partition coefficient (Wildman–Crippen LogP) is 2.93. The minimum Gasteiger partial charge on any atom is -0.490 e. The molecule has 0 bridgehead atoms. The Kier molecular flexibility index (Phi) is 4.09. The van der Waals surface area contributed by atoms with E-state index in [-0.39, 0.29) is 12.0 Å². The zero-order chi connectivity index (χ0) is 16.4. The van der Waals surface area contributed by atoms with Gasteiger partial charge in [-0.1, -0.05) is 30.3 Å². The van der Waals surface area contributed by atoms with Gasteiger partial charge in [-0.05, 0) is 24.1 Å². The summed E-state index contributed by atoms with van der Waals surface area (Å²) in [4.78, 5) is 11.8. The Morgan fingerprint density at radius 2 is 1.83 bits per heavy atom. The first-order valence-electron chi connectivity index (χ1n) is 8.16. The lowest BCUT2D eigenvalue weighted by molar-refractivity contribution is -0.116. The fourth-order valence-electron chi connectivity index (χ4n) is 2.77. The highest BCUT2D eigenvalue weighted by Gasteiger charge is 2.26. The first-order chi connectivity index (χ1) is 11.8. The van der Waals surface area contributed by atoms with Gasteiger partial charge >= 0.3 is 0 Å². The molecule has 1 saturated heterocycles. The lowest BCUT2D eigenvalue weighted by atomic mass is 10.0. The second-order valence-corrected chi connectivity index (χ2v) is 6.00. The summed E-state index contributed by atoms with van der Waals surface area (Å²) >= 11 is 0. The van der Waals surface area contributed by atoms with E-state index >= 15 is 0 Å². The quantitative estimate of drug-likeness (QED) is 0.830. The fourth-order valence-corrected chi connectivity index (χ4v) is 2.77. The van der Waals surface area contributed by atoms with Crippen molar-refractivity contribution in [1.29, 1.82) is 0 Å². The number of carbonyl (C=O) groups is 1. The van der Waals surface area contributed by atoms with Crippen LogP contribution >= 0.6 is 0 Å². The Morgan fingerprint density at radius 1 is 1.04 bits per heavy atom. The summed E-state index contributed by atoms with van der Waals surface area (Å²) < 4.78 is 17.0. The molecule has 0 aromatic heterocycles. The van der Waals surface area contributed by atoms with Crippen molar-refractivity contribution in [1.82, 2.24) is 0 Å². The number of rotatable bonds is 6. The molecule has 24 heavy (non-hydrogen) atoms. The zero-order valence-corrected chi connectivity index (χ0v) is 13.3. The van der Waals surface area contributed by atoms with Gasteiger partial charge in [0.25, 0.3) is 0 Å². The molecule has 2 aromatic rings. The van der Waals surface area contributed by atoms with Crippen LogP contribution in [0.15, 0.2) is 42.5 Å². The Hall–Kier alpha value is -2.53. The third-order valence-electron chi connectivity index (χ3n) is 4.16. The standard InChI is InChI=1S/C19H19NO4/c21-18-9-6-15-16(24-12-14-11-22-14)7-8-17(19(15)20-18)23-10-13-4-2-1-3-5-13/h1-5,7-8,14H,6,9-12H2,(H,20,21). The van der Waals surface area contributed by atoms with Crippen molar-refractivity contribution in [3.05, 3.63) is 53.6 Å². The molecular weight excluding hydrogens is 306 g/mol. The third kappa shape index (κ3) is 3.36. The van der Waals surface area contributed by atoms with Crippen molar-refractivity contribution in [2.24, 2.45) is 0 Å². The second-order valence-electron chi connectivity index (χ2n) is 6.00. The normalized spacial score (nSPS) is 18.5. The number of fused-ring (bicyclic) bond motifs is 1. The number of hydrogen-bond acceptors (Lipinski definition) is 4. The Morgan fingerprint density at radius 3 is 2.62 bits per heavy atom. The zero-order valence-electron chi connectivity index (χ0n) is 13.3. The van der Waals surface area contributed by atoms with Crippen LogP contribution in [0.4, 0.5) is 5.69 Å². The molecule has 2 aliphatic rings. The smallest absolute Gasteiger partial charge is 0.224 e. The molecule has 1 atom stereocenters. The Bertz CT molecular complexity index is 741. The van der Waals surface area contributed by atoms with Crippen molar-refractivity contribution in [3.63, 3.8) is 0 Å². The largest absolute Gasteiger partial charge is 0.490 e. The van der Waals surface area contributed by atoms with Crippen molar-refractivity contribution in [2.45, 2.75) is 25.6 Å². The van der Waals surface area contributed by atoms with E-state index in [0.29, 0.717) is 31.8 Å². The molecule has 4 rings (SSSR count). The minimum atomic E-state index is 0.00902. The summed E-state index contributed by atoms with van der Waals surface area (Å²) in [5, 5.41) is 2.93. The van der Waals surface area contributed by atoms with Gasteiger partial charge in [0, 0.05) is 12.0 Å². The highest BCUT2D eigenvalue weighted by molar-refractivity contribution is 5.96. The van der Waals surface area contributed by atoms with E-state index in [2.05, 4.69) is 5.32 Å². The molecule has 0 spiro atoms. The predicted molar refractivity (Wildman–Crippen MR) is 89.4 cm³/mol. The van der Waals surface area contributed by atoms with Gasteiger partial charge in [0.2, 0.25) is 5.91 Å². The maximum Gasteiger partial charge on any atom is 0.224 e. The molecule has 1 amide bonds. The van der Waals surface area contributed by atoms with Crippen molar-refractivity contribution in [3.8, 4) is 11.5 Å². The van der Waals surface area contributed by atoms with Crippen molar-refractivity contribution < 1.29 is 19.0 Å². The molecule has 1 unspecified atom stereocenters. The van der Waals surface area contributed by atoms with Gasteiger partial charge < -0.3 is 19.5 Å². The fraction of sp³-hybridized carbons (Fsp3) is 0.316. The second kappa shape index (κ2) is 6.53. The van der Waals surface area contributed by atoms with E-state index in [1.165, 1.54) is 0 Å². The average molecular weight is 325 g/mol. The Labute approximate surface area is 140 Å². The van der Waals surface area contributed by atoms with Crippen LogP contribution in [0.1, 0.15) is 17.5 Å². The number of ether oxygens (including phenoxy) is 3. The maximum absolute atomic E-state index is 11.8. The first-order valence-corrected chi connectivity index (χ1v) is 8.16. The maximum atomic E-state index is 11.8. The molecule has 0 saturated carbocycles. The molecule has 1 N–H and O–H groups in total. The van der Waals surface area contributed by atoms with Gasteiger partial charge in [-0.2, -0.15) is 0 Å². The summed E-state index contributed by atoms with van der Waals surface area (Å²) in [6, 6.07) is 13.7. The summed E-state index contributed by atoms with van der Waals surface area (Å²) in [6.07, 6.45) is 1.32. The van der Waals surface area contributed by atoms with Crippen LogP contribution in [0.2, 0.25) is 0 Å². The van der Waals surface area contributed by atoms with E-state index in [1.54, 1.807) is 0 Å². The average Bonchev–Trinajstić information content (AvgIpc) is 3.43. The monoisotopic (exact) mass is 325 g/mol. The van der Waals surface area contributed by atoms with E-state index in [0.717, 1.165) is 29.2 Å². The number of benzene rings is 2. The number of hydrogen-bond donors (Lipinski definition) is 1. The number of nitrogens with one attached hydrogen (secondary N) is 1. The van der Waals surface area contributed by atoms with Crippen molar-refractivity contribution >= 4 is 11.6 Å². The van der Waals surface area contributed by atoms with Crippen LogP contribution in [-0.4, -0.2) is 25.2 Å². The minimum absolute atomic E-state index is 0.00902. The first kappa shape index (κ1) is 15.0. The molecule has 5 nitrogen and oxygen atoms in total. The lowest BCUT2D eigenvalue weighted by Crippen LogP contribution is -2.21. The molecule has 2 aromatic carbocycles. The summed E-state index contributed by atoms with van der Waals surface area (Å²) in [5.41, 5.74) is 2.82. The van der Waals surface area contributed by atoms with Crippen LogP contribution in [-0.2, 0) is 22.6 Å². The van der Waals surface area contributed by atoms with Crippen LogP contribution in [0.3, 0.4) is 0 Å². The van der Waals surface area contributed by atoms with Gasteiger partial charge in [-0.15, -0.1) is 0 Å². The summed E-state index contributed by atoms with van der Waals surface area (Å²) in [5.74, 6) is 1.49. The molecule has 2 heterocycles. The molecule has 2 aliphatic heterocycles. The van der Waals surface area contributed by atoms with Crippen LogP contribution in [0.5, 0.6) is 11.5 Å². The van der Waals surface area contributed by atoms with Gasteiger partial charge in [-0.3, -0.25) is 4.79 Å². The van der Waals surface area contributed by atoms with Crippen molar-refractivity contribution in [2.75, 3.05) is 18.5 Å². The van der Waals surface area contributed by atoms with E-state index in [1.807, 2.05) is 42.5 Å². The summed E-state index contributed by atoms with van der Waals surface area (Å²) in [7, 11) is 0. The molecular formula is C19H19NO4. The number of epoxide rings is 1. The molecule has 124 valence electrons. The highest BCUT2D eigenvalue weighted by Crippen LogP contribution is 2.39. The third-order valence-corrected chi connectivity index (χ3v) is 4.16. The van der Waals surface area contributed by atoms with Gasteiger partial charge in [-0.25, -0.2) is 0 Å². The van der Waals surface area contributed by atoms with Gasteiger partial charge in [0.15, 0.2) is 0 Å². The molecule has 0 radical (unpaired) electrons. The Balaban J connectivity index is 1.55. The molecule has 1 fully saturated rings. The molecule has 5 heteroatoms. The van der Waals surface area contributed by atoms with Gasteiger partial charge in [0.05, 0.1) is 12.3 Å². The van der Waals surface area contributed by atoms with Gasteiger partial charge in [0.1, 0.15) is 30.8 Å². The SMILES string of the molecule is O=C1CCc2c(OCC3CO3)ccc(OCc3ccccc3)c2N1. The van der Waals surface area contributed by atoms with E-state index in [4.69, 9.17) is 14.2 Å². The van der Waals surface area contributed by atoms with Crippen LogP contribution < -0.4 is 14.8 Å². The van der Waals surface area contributed by atoms with Crippen LogP contribution in [0, 0.1) is 0 Å². The topological polar surface area (TPSA) is 60.1 Å². The number of anilines is 1. The van der Waals surface area contributed by atoms with E-state index in [9.17, 15) is 4.79 Å². The summed E-state index contributed by atoms with van der Waals surface area (Å²) in [6.45, 7) is 1.76. The highest BCUT2D eigenvalue weighted by atomic mass is 16.6. The lowest BCUT2D eigenvalue weighted by Gasteiger charge is -2.23.